The monoisotopic (exact) mass is 452 g/mol. The molecule has 3 aromatic rings. The topological polar surface area (TPSA) is 111 Å². The van der Waals surface area contributed by atoms with E-state index in [1.165, 1.54) is 12.1 Å². The average Bonchev–Trinajstić information content (AvgIpc) is 3.16. The second-order valence-electron chi connectivity index (χ2n) is 8.00. The Bertz CT molecular complexity index is 1180. The number of amides is 1. The Kier molecular flexibility index (Phi) is 6.41. The molecule has 0 spiro atoms. The van der Waals surface area contributed by atoms with Gasteiger partial charge in [0.25, 0.3) is 0 Å². The summed E-state index contributed by atoms with van der Waals surface area (Å²) in [5, 5.41) is 19.3. The fraction of sp³-hybridized carbons (Fsp3) is 0.292. The molecule has 1 heterocycles. The van der Waals surface area contributed by atoms with Crippen LogP contribution < -0.4 is 9.77 Å². The zero-order valence-corrected chi connectivity index (χ0v) is 18.2. The van der Waals surface area contributed by atoms with E-state index in [1.807, 2.05) is 12.1 Å². The largest absolute Gasteiger partial charge is 0.493 e. The summed E-state index contributed by atoms with van der Waals surface area (Å²) in [6.45, 7) is 0.300. The maximum atomic E-state index is 13.4. The third-order valence-electron chi connectivity index (χ3n) is 5.81. The third-order valence-corrected chi connectivity index (χ3v) is 6.73. The summed E-state index contributed by atoms with van der Waals surface area (Å²) in [6.07, 6.45) is 4.88. The van der Waals surface area contributed by atoms with Gasteiger partial charge in [-0.2, -0.15) is 0 Å². The van der Waals surface area contributed by atoms with E-state index in [0.717, 1.165) is 49.0 Å². The molecule has 1 amide bonds. The number of aromatic nitrogens is 1. The Hall–Kier alpha value is -3.39. The van der Waals surface area contributed by atoms with Gasteiger partial charge in [-0.3, -0.25) is 14.6 Å². The highest BCUT2D eigenvalue weighted by atomic mass is 32.1. The maximum absolute atomic E-state index is 13.4. The van der Waals surface area contributed by atoms with Gasteiger partial charge in [0.05, 0.1) is 17.0 Å². The predicted molar refractivity (Wildman–Crippen MR) is 123 cm³/mol. The number of carboxylic acids is 1. The van der Waals surface area contributed by atoms with Crippen LogP contribution in [0.4, 0.5) is 5.69 Å². The molecule has 0 radical (unpaired) electrons. The van der Waals surface area contributed by atoms with Gasteiger partial charge in [0.1, 0.15) is 0 Å². The lowest BCUT2D eigenvalue weighted by Gasteiger charge is -2.30. The van der Waals surface area contributed by atoms with Crippen molar-refractivity contribution in [3.63, 3.8) is 0 Å². The van der Waals surface area contributed by atoms with Gasteiger partial charge in [0, 0.05) is 11.6 Å². The van der Waals surface area contributed by atoms with Crippen LogP contribution in [0.25, 0.3) is 10.4 Å². The number of carbonyl (C=O) groups is 2. The first-order chi connectivity index (χ1) is 15.4. The van der Waals surface area contributed by atoms with Crippen molar-refractivity contribution in [1.29, 1.82) is 0 Å². The van der Waals surface area contributed by atoms with Crippen LogP contribution in [0.1, 0.15) is 48.0 Å². The average molecular weight is 453 g/mol. The van der Waals surface area contributed by atoms with Crippen LogP contribution in [0, 0.1) is 5.92 Å². The van der Waals surface area contributed by atoms with Crippen molar-refractivity contribution in [1.82, 2.24) is 4.98 Å². The highest BCUT2D eigenvalue weighted by molar-refractivity contribution is 7.13. The van der Waals surface area contributed by atoms with Gasteiger partial charge in [-0.25, -0.2) is 4.79 Å². The number of carbonyl (C=O) groups excluding carboxylic acids is 1. The summed E-state index contributed by atoms with van der Waals surface area (Å²) >= 11 is 0.931. The van der Waals surface area contributed by atoms with Crippen LogP contribution in [0.2, 0.25) is 0 Å². The van der Waals surface area contributed by atoms with Gasteiger partial charge in [-0.05, 0) is 42.2 Å². The first-order valence-corrected chi connectivity index (χ1v) is 11.4. The number of hydrogen-bond acceptors (Lipinski definition) is 5. The molecular formula is C24H24N2O5S. The molecule has 1 fully saturated rings. The number of nitrogens with zero attached hydrogens (tertiary/aromatic N) is 1. The Morgan fingerprint density at radius 3 is 2.41 bits per heavy atom. The quantitative estimate of drug-likeness (QED) is 0.505. The molecule has 1 aromatic heterocycles. The summed E-state index contributed by atoms with van der Waals surface area (Å²) < 4.78 is 0. The summed E-state index contributed by atoms with van der Waals surface area (Å²) in [5.74, 6) is -1.25. The molecular weight excluding hydrogens is 428 g/mol. The summed E-state index contributed by atoms with van der Waals surface area (Å²) in [4.78, 5) is 40.5. The fourth-order valence-corrected chi connectivity index (χ4v) is 4.87. The Morgan fingerprint density at radius 1 is 1.06 bits per heavy atom. The smallest absolute Gasteiger partial charge is 0.335 e. The number of carboxylic acid groups (broad SMARTS) is 1. The normalized spacial score (nSPS) is 14.2. The standard InChI is InChI=1S/C24H24N2O5S/c27-21-20(32-24(31)25-21)16-11-9-15(10-12-16)14-26(22(28)17-5-2-1-3-6-17)19-8-4-7-18(13-19)23(29)30/h4,7-13,17,27H,1-3,5-6,14H2,(H,25,31)(H,29,30). The molecule has 1 aliphatic carbocycles. The van der Waals surface area contributed by atoms with E-state index in [9.17, 15) is 24.6 Å². The molecule has 0 saturated heterocycles. The summed E-state index contributed by atoms with van der Waals surface area (Å²) in [7, 11) is 0. The molecule has 32 heavy (non-hydrogen) atoms. The number of aromatic carboxylic acids is 1. The van der Waals surface area contributed by atoms with Crippen LogP contribution in [-0.4, -0.2) is 27.1 Å². The van der Waals surface area contributed by atoms with Crippen molar-refractivity contribution < 1.29 is 19.8 Å². The Labute approximate surface area is 189 Å². The molecule has 0 unspecified atom stereocenters. The number of benzene rings is 2. The molecule has 1 saturated carbocycles. The van der Waals surface area contributed by atoms with Crippen molar-refractivity contribution in [3.05, 3.63) is 69.3 Å². The van der Waals surface area contributed by atoms with E-state index >= 15 is 0 Å². The minimum absolute atomic E-state index is 0.0119. The molecule has 0 aliphatic heterocycles. The minimum Gasteiger partial charge on any atom is -0.493 e. The van der Waals surface area contributed by atoms with Gasteiger partial charge in [-0.1, -0.05) is 60.9 Å². The predicted octanol–water partition coefficient (Wildman–Crippen LogP) is 4.62. The van der Waals surface area contributed by atoms with E-state index in [0.29, 0.717) is 22.7 Å². The van der Waals surface area contributed by atoms with Crippen molar-refractivity contribution in [2.75, 3.05) is 4.90 Å². The molecule has 3 N–H and O–H groups in total. The van der Waals surface area contributed by atoms with Crippen molar-refractivity contribution >= 4 is 28.9 Å². The van der Waals surface area contributed by atoms with E-state index in [4.69, 9.17) is 0 Å². The highest BCUT2D eigenvalue weighted by Crippen LogP contribution is 2.32. The van der Waals surface area contributed by atoms with Crippen LogP contribution in [0.5, 0.6) is 5.88 Å². The number of thiazole rings is 1. The molecule has 0 atom stereocenters. The van der Waals surface area contributed by atoms with Gasteiger partial charge >= 0.3 is 10.8 Å². The molecule has 0 bridgehead atoms. The second kappa shape index (κ2) is 9.40. The zero-order valence-electron chi connectivity index (χ0n) is 17.4. The number of hydrogen-bond donors (Lipinski definition) is 3. The number of H-pyrrole nitrogens is 1. The minimum atomic E-state index is -1.04. The number of rotatable bonds is 6. The molecule has 166 valence electrons. The lowest BCUT2D eigenvalue weighted by Crippen LogP contribution is -2.36. The lowest BCUT2D eigenvalue weighted by molar-refractivity contribution is -0.123. The molecule has 7 nitrogen and oxygen atoms in total. The van der Waals surface area contributed by atoms with E-state index in [1.54, 1.807) is 29.2 Å². The van der Waals surface area contributed by atoms with Crippen molar-refractivity contribution in [3.8, 4) is 16.3 Å². The van der Waals surface area contributed by atoms with Crippen LogP contribution >= 0.6 is 11.3 Å². The molecule has 1 aliphatic rings. The number of aromatic amines is 1. The van der Waals surface area contributed by atoms with E-state index in [-0.39, 0.29) is 28.1 Å². The van der Waals surface area contributed by atoms with Crippen LogP contribution in [0.15, 0.2) is 53.3 Å². The fourth-order valence-electron chi connectivity index (χ4n) is 4.13. The summed E-state index contributed by atoms with van der Waals surface area (Å²) in [5.41, 5.74) is 2.26. The third kappa shape index (κ3) is 4.75. The maximum Gasteiger partial charge on any atom is 0.335 e. The number of aromatic hydroxyl groups is 1. The van der Waals surface area contributed by atoms with Crippen molar-refractivity contribution in [2.45, 2.75) is 38.6 Å². The number of nitrogens with one attached hydrogen (secondary N) is 1. The van der Waals surface area contributed by atoms with Crippen LogP contribution in [-0.2, 0) is 11.3 Å². The van der Waals surface area contributed by atoms with E-state index in [2.05, 4.69) is 4.98 Å². The molecule has 2 aromatic carbocycles. The number of anilines is 1. The van der Waals surface area contributed by atoms with Gasteiger partial charge in [0.2, 0.25) is 11.8 Å². The Morgan fingerprint density at radius 2 is 1.78 bits per heavy atom. The van der Waals surface area contributed by atoms with Crippen molar-refractivity contribution in [2.24, 2.45) is 5.92 Å². The summed E-state index contributed by atoms with van der Waals surface area (Å²) in [6, 6.07) is 13.8. The lowest BCUT2D eigenvalue weighted by atomic mass is 9.88. The first kappa shape index (κ1) is 21.8. The SMILES string of the molecule is O=C(O)c1cccc(N(Cc2ccc(-c3sc(=O)[nH]c3O)cc2)C(=O)C2CCCCC2)c1. The molecule has 8 heteroatoms. The van der Waals surface area contributed by atoms with Gasteiger partial charge in [0.15, 0.2) is 0 Å². The molecule has 4 rings (SSSR count). The first-order valence-electron chi connectivity index (χ1n) is 10.6. The van der Waals surface area contributed by atoms with Gasteiger partial charge in [-0.15, -0.1) is 0 Å². The zero-order chi connectivity index (χ0) is 22.7. The van der Waals surface area contributed by atoms with Crippen LogP contribution in [0.3, 0.4) is 0 Å². The van der Waals surface area contributed by atoms with Gasteiger partial charge < -0.3 is 15.1 Å². The second-order valence-corrected chi connectivity index (χ2v) is 8.99. The van der Waals surface area contributed by atoms with E-state index < -0.39 is 5.97 Å². The Balaban J connectivity index is 1.63. The highest BCUT2D eigenvalue weighted by Gasteiger charge is 2.27.